The Kier molecular flexibility index (Phi) is 8.81. The zero-order valence-electron chi connectivity index (χ0n) is 23.6. The van der Waals surface area contributed by atoms with Gasteiger partial charge in [0.05, 0.1) is 35.3 Å². The van der Waals surface area contributed by atoms with Gasteiger partial charge in [-0.3, -0.25) is 15.1 Å². The van der Waals surface area contributed by atoms with Gasteiger partial charge in [-0.1, -0.05) is 66.7 Å². The van der Waals surface area contributed by atoms with E-state index in [1.165, 1.54) is 11.4 Å². The Labute approximate surface area is 245 Å². The highest BCUT2D eigenvalue weighted by Gasteiger charge is 2.30. The third-order valence-corrected chi connectivity index (χ3v) is 9.21. The third-order valence-electron chi connectivity index (χ3n) is 7.32. The Morgan fingerprint density at radius 2 is 1.52 bits per heavy atom. The first kappa shape index (κ1) is 29.2. The number of hydrogen-bond donors (Lipinski definition) is 1. The molecule has 4 aromatic rings. The number of aromatic nitrogens is 1. The Bertz CT molecular complexity index is 1670. The zero-order chi connectivity index (χ0) is 29.7. The first-order valence-corrected chi connectivity index (χ1v) is 15.3. The Morgan fingerprint density at radius 3 is 2.17 bits per heavy atom. The van der Waals surface area contributed by atoms with Crippen LogP contribution in [-0.2, 0) is 21.3 Å². The van der Waals surface area contributed by atoms with Gasteiger partial charge in [0.1, 0.15) is 0 Å². The minimum absolute atomic E-state index is 0.0577. The van der Waals surface area contributed by atoms with Crippen molar-refractivity contribution in [2.45, 2.75) is 13.5 Å². The molecule has 0 unspecified atom stereocenters. The van der Waals surface area contributed by atoms with Crippen molar-refractivity contribution in [3.63, 3.8) is 0 Å². The van der Waals surface area contributed by atoms with E-state index in [4.69, 9.17) is 9.72 Å². The summed E-state index contributed by atoms with van der Waals surface area (Å²) in [4.78, 5) is 34.1. The van der Waals surface area contributed by atoms with Crippen molar-refractivity contribution in [3.8, 4) is 11.3 Å². The van der Waals surface area contributed by atoms with Gasteiger partial charge in [-0.25, -0.2) is 18.2 Å². The maximum Gasteiger partial charge on any atom is 0.433 e. The van der Waals surface area contributed by atoms with Crippen LogP contribution in [0.25, 0.3) is 22.2 Å². The molecule has 0 spiro atoms. The van der Waals surface area contributed by atoms with Crippen LogP contribution < -0.4 is 10.4 Å². The average molecular weight is 588 g/mol. The highest BCUT2D eigenvalue weighted by Crippen LogP contribution is 2.32. The van der Waals surface area contributed by atoms with Gasteiger partial charge in [0.25, 0.3) is 5.91 Å². The number of pyridine rings is 1. The standard InChI is InChI=1S/C31H33N5O5S/c1-3-42(39,40)35-20-18-34(19-21-35)22-26-28(30(37)33-36(31(38)41-2)24-14-8-5-9-15-24)25-16-10-11-17-27(25)32-29(26)23-12-6-4-7-13-23/h4-17H,3,18-22H2,1-2H3,(H,33,37). The highest BCUT2D eigenvalue weighted by atomic mass is 32.2. The van der Waals surface area contributed by atoms with Crippen LogP contribution in [0.5, 0.6) is 0 Å². The molecule has 0 bridgehead atoms. The van der Waals surface area contributed by atoms with Gasteiger partial charge >= 0.3 is 6.09 Å². The molecule has 5 rings (SSSR count). The number of rotatable bonds is 7. The number of carbonyl (C=O) groups is 2. The number of benzene rings is 3. The van der Waals surface area contributed by atoms with E-state index in [1.54, 1.807) is 31.2 Å². The number of hydrazine groups is 1. The molecule has 0 aliphatic carbocycles. The van der Waals surface area contributed by atoms with Crippen LogP contribution in [0.2, 0.25) is 0 Å². The monoisotopic (exact) mass is 587 g/mol. The number of sulfonamides is 1. The predicted molar refractivity (Wildman–Crippen MR) is 162 cm³/mol. The second-order valence-corrected chi connectivity index (χ2v) is 12.1. The van der Waals surface area contributed by atoms with Gasteiger partial charge in [0.15, 0.2) is 0 Å². The largest absolute Gasteiger partial charge is 0.451 e. The van der Waals surface area contributed by atoms with Crippen molar-refractivity contribution in [1.29, 1.82) is 0 Å². The topological polar surface area (TPSA) is 112 Å². The Hall–Kier alpha value is -4.32. The molecule has 2 amide bonds. The molecule has 1 N–H and O–H groups in total. The summed E-state index contributed by atoms with van der Waals surface area (Å²) >= 11 is 0. The normalized spacial score (nSPS) is 14.4. The van der Waals surface area contributed by atoms with E-state index in [-0.39, 0.29) is 5.75 Å². The van der Waals surface area contributed by atoms with E-state index >= 15 is 0 Å². The highest BCUT2D eigenvalue weighted by molar-refractivity contribution is 7.89. The fraction of sp³-hybridized carbons (Fsp3) is 0.258. The minimum Gasteiger partial charge on any atom is -0.451 e. The molecule has 1 aliphatic heterocycles. The summed E-state index contributed by atoms with van der Waals surface area (Å²) in [6, 6.07) is 25.8. The van der Waals surface area contributed by atoms with Gasteiger partial charge in [0.2, 0.25) is 10.0 Å². The molecule has 3 aromatic carbocycles. The second-order valence-electron chi connectivity index (χ2n) is 9.85. The number of amides is 2. The fourth-order valence-corrected chi connectivity index (χ4v) is 6.20. The SMILES string of the molecule is CCS(=O)(=O)N1CCN(Cc2c(-c3ccccc3)nc3ccccc3c2C(=O)NN(C(=O)OC)c2ccccc2)CC1. The molecule has 1 aromatic heterocycles. The van der Waals surface area contributed by atoms with Gasteiger partial charge < -0.3 is 4.74 Å². The van der Waals surface area contributed by atoms with Crippen LogP contribution in [-0.4, -0.2) is 73.6 Å². The number of carbonyl (C=O) groups excluding carboxylic acids is 2. The van der Waals surface area contributed by atoms with Crippen LogP contribution in [0.4, 0.5) is 10.5 Å². The van der Waals surface area contributed by atoms with Crippen LogP contribution in [0.15, 0.2) is 84.9 Å². The lowest BCUT2D eigenvalue weighted by Gasteiger charge is -2.34. The quantitative estimate of drug-likeness (QED) is 0.321. The smallest absolute Gasteiger partial charge is 0.433 e. The number of piperazine rings is 1. The van der Waals surface area contributed by atoms with E-state index in [1.807, 2.05) is 60.7 Å². The molecular weight excluding hydrogens is 554 g/mol. The maximum atomic E-state index is 14.2. The van der Waals surface area contributed by atoms with Crippen LogP contribution in [0.3, 0.4) is 0 Å². The summed E-state index contributed by atoms with van der Waals surface area (Å²) in [5, 5.41) is 1.72. The van der Waals surface area contributed by atoms with Crippen LogP contribution in [0.1, 0.15) is 22.8 Å². The molecule has 218 valence electrons. The molecule has 2 heterocycles. The van der Waals surface area contributed by atoms with Gasteiger partial charge in [-0.15, -0.1) is 0 Å². The number of nitrogens with zero attached hydrogens (tertiary/aromatic N) is 4. The number of hydrogen-bond acceptors (Lipinski definition) is 7. The van der Waals surface area contributed by atoms with E-state index in [0.29, 0.717) is 66.1 Å². The van der Waals surface area contributed by atoms with E-state index in [0.717, 1.165) is 10.6 Å². The summed E-state index contributed by atoms with van der Waals surface area (Å²) in [6.45, 7) is 3.73. The summed E-state index contributed by atoms with van der Waals surface area (Å²) in [7, 11) is -2.04. The third kappa shape index (κ3) is 6.13. The Balaban J connectivity index is 1.60. The lowest BCUT2D eigenvalue weighted by atomic mass is 9.95. The fourth-order valence-electron chi connectivity index (χ4n) is 5.11. The summed E-state index contributed by atoms with van der Waals surface area (Å²) in [5.74, 6) is -0.440. The van der Waals surface area contributed by atoms with Crippen molar-refractivity contribution < 1.29 is 22.7 Å². The molecule has 1 aliphatic rings. The lowest BCUT2D eigenvalue weighted by Crippen LogP contribution is -2.49. The predicted octanol–water partition coefficient (Wildman–Crippen LogP) is 4.29. The Morgan fingerprint density at radius 1 is 0.905 bits per heavy atom. The maximum absolute atomic E-state index is 14.2. The van der Waals surface area contributed by atoms with E-state index < -0.39 is 22.0 Å². The van der Waals surface area contributed by atoms with Crippen LogP contribution >= 0.6 is 0 Å². The molecule has 0 radical (unpaired) electrons. The summed E-state index contributed by atoms with van der Waals surface area (Å²) in [6.07, 6.45) is -0.744. The number of nitrogens with one attached hydrogen (secondary N) is 1. The lowest BCUT2D eigenvalue weighted by molar-refractivity contribution is 0.0940. The first-order valence-electron chi connectivity index (χ1n) is 13.7. The van der Waals surface area contributed by atoms with Crippen LogP contribution in [0, 0.1) is 0 Å². The van der Waals surface area contributed by atoms with Crippen molar-refractivity contribution in [1.82, 2.24) is 19.6 Å². The molecule has 1 saturated heterocycles. The molecule has 11 heteroatoms. The average Bonchev–Trinajstić information content (AvgIpc) is 3.03. The minimum atomic E-state index is -3.29. The number of anilines is 1. The number of methoxy groups -OCH3 is 1. The molecular formula is C31H33N5O5S. The van der Waals surface area contributed by atoms with Gasteiger partial charge in [-0.05, 0) is 25.1 Å². The number of fused-ring (bicyclic) bond motifs is 1. The number of para-hydroxylation sites is 2. The van der Waals surface area contributed by atoms with Crippen molar-refractivity contribution in [3.05, 3.63) is 96.1 Å². The molecule has 1 fully saturated rings. The van der Waals surface area contributed by atoms with Crippen molar-refractivity contribution in [2.75, 3.05) is 44.1 Å². The van der Waals surface area contributed by atoms with Gasteiger partial charge in [0, 0.05) is 49.2 Å². The van der Waals surface area contributed by atoms with Crippen molar-refractivity contribution >= 4 is 38.6 Å². The second kappa shape index (κ2) is 12.7. The molecule has 0 atom stereocenters. The first-order chi connectivity index (χ1) is 20.3. The molecule has 0 saturated carbocycles. The van der Waals surface area contributed by atoms with Crippen molar-refractivity contribution in [2.24, 2.45) is 0 Å². The molecule has 42 heavy (non-hydrogen) atoms. The molecule has 10 nitrogen and oxygen atoms in total. The number of ether oxygens (including phenoxy) is 1. The van der Waals surface area contributed by atoms with Gasteiger partial charge in [-0.2, -0.15) is 9.31 Å². The van der Waals surface area contributed by atoms with E-state index in [2.05, 4.69) is 10.3 Å². The van der Waals surface area contributed by atoms with E-state index in [9.17, 15) is 18.0 Å². The zero-order valence-corrected chi connectivity index (χ0v) is 24.4. The summed E-state index contributed by atoms with van der Waals surface area (Å²) < 4.78 is 31.4. The summed E-state index contributed by atoms with van der Waals surface area (Å²) in [5.41, 5.74) is 6.39.